The normalized spacial score (nSPS) is 59.5. The number of Topliss-reactive ketones (excluding diaryl/α,β-unsaturated/α-hetero) is 1. The quantitative estimate of drug-likeness (QED) is 0.520. The molecule has 0 aromatic carbocycles. The van der Waals surface area contributed by atoms with Gasteiger partial charge in [0.25, 0.3) is 0 Å². The first-order chi connectivity index (χ1) is 14.8. The highest BCUT2D eigenvalue weighted by Crippen LogP contribution is 2.71. The lowest BCUT2D eigenvalue weighted by Crippen LogP contribution is -2.65. The number of rotatable bonds is 2. The molecule has 4 N–H and O–H groups in total. The molecule has 5 aliphatic rings. The minimum Gasteiger partial charge on any atom is -0.393 e. The minimum atomic E-state index is -0.954. The molecule has 0 spiro atoms. The molecule has 0 radical (unpaired) electrons. The molecule has 0 heterocycles. The Kier molecular flexibility index (Phi) is 5.27. The number of carbonyl (C=O) groups is 1. The largest absolute Gasteiger partial charge is 0.393 e. The Bertz CT molecular complexity index is 782. The molecule has 0 bridgehead atoms. The average molecular weight is 449 g/mol. The van der Waals surface area contributed by atoms with Gasteiger partial charge in [0.1, 0.15) is 5.78 Å². The van der Waals surface area contributed by atoms with Crippen molar-refractivity contribution in [1.29, 1.82) is 0 Å². The van der Waals surface area contributed by atoms with Crippen LogP contribution in [0.3, 0.4) is 0 Å². The zero-order valence-electron chi connectivity index (χ0n) is 20.5. The summed E-state index contributed by atoms with van der Waals surface area (Å²) in [5.41, 5.74) is -1.35. The van der Waals surface area contributed by atoms with E-state index in [1.165, 1.54) is 0 Å². The molecule has 5 heteroatoms. The van der Waals surface area contributed by atoms with Crippen molar-refractivity contribution in [3.63, 3.8) is 0 Å². The number of fused-ring (bicyclic) bond motifs is 7. The fourth-order valence-electron chi connectivity index (χ4n) is 10.4. The topological polar surface area (TPSA) is 98.0 Å². The van der Waals surface area contributed by atoms with E-state index in [2.05, 4.69) is 34.6 Å². The van der Waals surface area contributed by atoms with Gasteiger partial charge in [-0.3, -0.25) is 4.79 Å². The molecule has 13 atom stereocenters. The van der Waals surface area contributed by atoms with Gasteiger partial charge in [-0.05, 0) is 85.4 Å². The summed E-state index contributed by atoms with van der Waals surface area (Å²) in [5.74, 6) is 0.0388. The minimum absolute atomic E-state index is 0.125. The molecule has 0 aliphatic heterocycles. The molecule has 0 amide bonds. The maximum absolute atomic E-state index is 14.2. The molecule has 5 fully saturated rings. The van der Waals surface area contributed by atoms with Gasteiger partial charge in [0, 0.05) is 11.8 Å². The van der Waals surface area contributed by atoms with Gasteiger partial charge in [0.15, 0.2) is 0 Å². The van der Waals surface area contributed by atoms with Crippen molar-refractivity contribution >= 4 is 5.78 Å². The van der Waals surface area contributed by atoms with Crippen LogP contribution < -0.4 is 0 Å². The predicted octanol–water partition coefficient (Wildman–Crippen LogP) is 3.17. The van der Waals surface area contributed by atoms with Crippen molar-refractivity contribution in [3.05, 3.63) is 0 Å². The van der Waals surface area contributed by atoms with E-state index in [-0.39, 0.29) is 58.0 Å². The summed E-state index contributed by atoms with van der Waals surface area (Å²) in [7, 11) is 0. The summed E-state index contributed by atoms with van der Waals surface area (Å²) in [6, 6.07) is 0. The fraction of sp³-hybridized carbons (Fsp3) is 0.963. The van der Waals surface area contributed by atoms with Gasteiger partial charge in [0.05, 0.1) is 29.8 Å². The highest BCUT2D eigenvalue weighted by atomic mass is 16.3. The molecule has 0 aromatic rings. The SMILES string of the molecule is CC(C)C[C@@]1(O)C[C@@H](C)[C@H]2[C@@H]1C(=O)C1C3C(O)C(O)C4CC(O)CCC4(C)C3CCC12C. The molecule has 5 saturated carbocycles. The molecule has 32 heavy (non-hydrogen) atoms. The van der Waals surface area contributed by atoms with Crippen LogP contribution in [0, 0.1) is 58.2 Å². The predicted molar refractivity (Wildman–Crippen MR) is 121 cm³/mol. The second-order valence-corrected chi connectivity index (χ2v) is 13.5. The number of carbonyl (C=O) groups excluding carboxylic acids is 1. The van der Waals surface area contributed by atoms with Gasteiger partial charge >= 0.3 is 0 Å². The lowest BCUT2D eigenvalue weighted by Gasteiger charge is -2.63. The lowest BCUT2D eigenvalue weighted by molar-refractivity contribution is -0.221. The summed E-state index contributed by atoms with van der Waals surface area (Å²) in [5, 5.41) is 44.7. The van der Waals surface area contributed by atoms with Crippen LogP contribution in [-0.4, -0.2) is 50.1 Å². The summed E-state index contributed by atoms with van der Waals surface area (Å²) in [6.07, 6.45) is 3.06. The summed E-state index contributed by atoms with van der Waals surface area (Å²) in [6.45, 7) is 10.9. The molecule has 5 nitrogen and oxygen atoms in total. The second-order valence-electron chi connectivity index (χ2n) is 13.5. The van der Waals surface area contributed by atoms with E-state index >= 15 is 0 Å². The zero-order valence-corrected chi connectivity index (χ0v) is 20.5. The van der Waals surface area contributed by atoms with Crippen molar-refractivity contribution in [3.8, 4) is 0 Å². The maximum atomic E-state index is 14.2. The van der Waals surface area contributed by atoms with E-state index in [0.717, 1.165) is 25.7 Å². The van der Waals surface area contributed by atoms with Crippen molar-refractivity contribution in [2.24, 2.45) is 58.2 Å². The van der Waals surface area contributed by atoms with E-state index in [1.807, 2.05) is 0 Å². The average Bonchev–Trinajstić information content (AvgIpc) is 3.10. The van der Waals surface area contributed by atoms with Crippen LogP contribution in [0.1, 0.15) is 79.6 Å². The smallest absolute Gasteiger partial charge is 0.143 e. The number of ketones is 1. The Hall–Kier alpha value is -0.490. The number of hydrogen-bond acceptors (Lipinski definition) is 5. The Morgan fingerprint density at radius 1 is 0.969 bits per heavy atom. The van der Waals surface area contributed by atoms with Crippen LogP contribution in [0.4, 0.5) is 0 Å². The van der Waals surface area contributed by atoms with Gasteiger partial charge in [-0.15, -0.1) is 0 Å². The Morgan fingerprint density at radius 2 is 1.62 bits per heavy atom. The number of hydrogen-bond donors (Lipinski definition) is 4. The third-order valence-electron chi connectivity index (χ3n) is 11.3. The van der Waals surface area contributed by atoms with Crippen molar-refractivity contribution in [2.75, 3.05) is 0 Å². The molecular weight excluding hydrogens is 404 g/mol. The van der Waals surface area contributed by atoms with Gasteiger partial charge in [-0.2, -0.15) is 0 Å². The number of aliphatic hydroxyl groups excluding tert-OH is 3. The molecule has 5 rings (SSSR count). The highest BCUT2D eigenvalue weighted by molar-refractivity contribution is 5.89. The zero-order chi connectivity index (χ0) is 23.4. The molecule has 9 unspecified atom stereocenters. The lowest BCUT2D eigenvalue weighted by atomic mass is 9.43. The highest BCUT2D eigenvalue weighted by Gasteiger charge is 2.73. The first kappa shape index (κ1) is 23.3. The first-order valence-electron chi connectivity index (χ1n) is 13.2. The first-order valence-corrected chi connectivity index (χ1v) is 13.2. The van der Waals surface area contributed by atoms with E-state index < -0.39 is 23.9 Å². The van der Waals surface area contributed by atoms with Crippen molar-refractivity contribution in [2.45, 2.75) is 103 Å². The van der Waals surface area contributed by atoms with E-state index in [1.54, 1.807) is 0 Å². The third kappa shape index (κ3) is 2.86. The summed E-state index contributed by atoms with van der Waals surface area (Å²) in [4.78, 5) is 14.2. The van der Waals surface area contributed by atoms with Gasteiger partial charge in [-0.25, -0.2) is 0 Å². The van der Waals surface area contributed by atoms with E-state index in [9.17, 15) is 25.2 Å². The monoisotopic (exact) mass is 448 g/mol. The molecule has 0 saturated heterocycles. The van der Waals surface area contributed by atoms with Crippen LogP contribution in [0.25, 0.3) is 0 Å². The molecular formula is C27H44O5. The molecule has 5 aliphatic carbocycles. The standard InChI is InChI=1S/C27H44O5/c1-13(2)11-27(32)12-14(3)19-21(27)24(31)20-18-16(7-9-26(19,20)5)25(4)8-6-15(28)10-17(25)22(29)23(18)30/h13-23,28-30,32H,6-12H2,1-5H3/t14-,15?,16?,17?,18?,19+,20?,21-,22?,23?,25?,26?,27-/m1/s1. The van der Waals surface area contributed by atoms with Crippen LogP contribution >= 0.6 is 0 Å². The van der Waals surface area contributed by atoms with Gasteiger partial charge < -0.3 is 20.4 Å². The maximum Gasteiger partial charge on any atom is 0.143 e. The summed E-state index contributed by atoms with van der Waals surface area (Å²) < 4.78 is 0. The van der Waals surface area contributed by atoms with Crippen LogP contribution in [0.5, 0.6) is 0 Å². The van der Waals surface area contributed by atoms with Crippen LogP contribution in [0.15, 0.2) is 0 Å². The van der Waals surface area contributed by atoms with Crippen LogP contribution in [-0.2, 0) is 4.79 Å². The second kappa shape index (κ2) is 7.26. The Labute approximate surface area is 193 Å². The fourth-order valence-corrected chi connectivity index (χ4v) is 10.4. The summed E-state index contributed by atoms with van der Waals surface area (Å²) >= 11 is 0. The number of aliphatic hydroxyl groups is 4. The molecule has 182 valence electrons. The third-order valence-corrected chi connectivity index (χ3v) is 11.3. The van der Waals surface area contributed by atoms with E-state index in [0.29, 0.717) is 25.2 Å². The van der Waals surface area contributed by atoms with Gasteiger partial charge in [0.2, 0.25) is 0 Å². The van der Waals surface area contributed by atoms with Crippen molar-refractivity contribution in [1.82, 2.24) is 0 Å². The van der Waals surface area contributed by atoms with E-state index in [4.69, 9.17) is 0 Å². The van der Waals surface area contributed by atoms with Gasteiger partial charge in [-0.1, -0.05) is 34.6 Å². The molecule has 0 aromatic heterocycles. The van der Waals surface area contributed by atoms with Crippen molar-refractivity contribution < 1.29 is 25.2 Å². The van der Waals surface area contributed by atoms with Crippen LogP contribution in [0.2, 0.25) is 0 Å². The Balaban J connectivity index is 1.56. The Morgan fingerprint density at radius 3 is 2.28 bits per heavy atom.